The van der Waals surface area contributed by atoms with Gasteiger partial charge in [-0.15, -0.1) is 0 Å². The van der Waals surface area contributed by atoms with Crippen LogP contribution in [0.1, 0.15) is 18.4 Å². The van der Waals surface area contributed by atoms with Crippen LogP contribution in [0.3, 0.4) is 0 Å². The average molecular weight is 413 g/mol. The van der Waals surface area contributed by atoms with Crippen LogP contribution in [0.5, 0.6) is 5.75 Å². The Hall–Kier alpha value is -3.07. The Morgan fingerprint density at radius 3 is 3.00 bits per heavy atom. The minimum absolute atomic E-state index is 0.146. The van der Waals surface area contributed by atoms with Crippen LogP contribution in [0.15, 0.2) is 35.6 Å². The molecule has 9 heteroatoms. The predicted molar refractivity (Wildman–Crippen MR) is 108 cm³/mol. The van der Waals surface area contributed by atoms with Crippen molar-refractivity contribution in [2.45, 2.75) is 32.0 Å². The second kappa shape index (κ2) is 7.64. The topological polar surface area (TPSA) is 72.3 Å². The van der Waals surface area contributed by atoms with E-state index < -0.39 is 11.6 Å². The highest BCUT2D eigenvalue weighted by Crippen LogP contribution is 2.32. The van der Waals surface area contributed by atoms with E-state index in [-0.39, 0.29) is 29.2 Å². The zero-order valence-electron chi connectivity index (χ0n) is 16.3. The number of anilines is 1. The Morgan fingerprint density at radius 1 is 1.27 bits per heavy atom. The van der Waals surface area contributed by atoms with Gasteiger partial charge in [0.2, 0.25) is 5.82 Å². The molecule has 5 rings (SSSR count). The number of nitrogens with zero attached hydrogens (tertiary/aromatic N) is 4. The lowest BCUT2D eigenvalue weighted by Crippen LogP contribution is -2.46. The number of rotatable bonds is 4. The van der Waals surface area contributed by atoms with E-state index in [9.17, 15) is 13.6 Å². The van der Waals surface area contributed by atoms with Crippen LogP contribution >= 0.6 is 0 Å². The minimum Gasteiger partial charge on any atom is -0.486 e. The molecule has 1 N–H and O–H groups in total. The van der Waals surface area contributed by atoms with Gasteiger partial charge in [-0.05, 0) is 18.9 Å². The van der Waals surface area contributed by atoms with Crippen LogP contribution in [0.25, 0.3) is 10.9 Å². The molecule has 2 aliphatic heterocycles. The van der Waals surface area contributed by atoms with Gasteiger partial charge in [0, 0.05) is 49.8 Å². The summed E-state index contributed by atoms with van der Waals surface area (Å²) >= 11 is 0. The number of halogens is 2. The molecule has 2 aliphatic rings. The van der Waals surface area contributed by atoms with Crippen molar-refractivity contribution in [2.24, 2.45) is 0 Å². The first-order chi connectivity index (χ1) is 14.6. The quantitative estimate of drug-likeness (QED) is 0.707. The molecule has 1 aromatic carbocycles. The lowest BCUT2D eigenvalue weighted by atomic mass is 10.0. The van der Waals surface area contributed by atoms with E-state index >= 15 is 0 Å². The molecule has 30 heavy (non-hydrogen) atoms. The Bertz CT molecular complexity index is 1150. The minimum atomic E-state index is -1.07. The van der Waals surface area contributed by atoms with Crippen molar-refractivity contribution in [1.29, 1.82) is 0 Å². The van der Waals surface area contributed by atoms with E-state index in [0.717, 1.165) is 37.8 Å². The summed E-state index contributed by atoms with van der Waals surface area (Å²) < 4.78 is 35.2. The van der Waals surface area contributed by atoms with Crippen LogP contribution < -0.4 is 20.4 Å². The van der Waals surface area contributed by atoms with Crippen molar-refractivity contribution in [2.75, 3.05) is 24.6 Å². The third-order valence-corrected chi connectivity index (χ3v) is 5.74. The molecule has 1 fully saturated rings. The molecule has 2 aromatic heterocycles. The Balaban J connectivity index is 1.39. The van der Waals surface area contributed by atoms with Crippen LogP contribution in [-0.4, -0.2) is 40.3 Å². The van der Waals surface area contributed by atoms with Crippen LogP contribution in [0, 0.1) is 11.6 Å². The maximum atomic E-state index is 14.1. The maximum absolute atomic E-state index is 14.1. The zero-order chi connectivity index (χ0) is 20.7. The summed E-state index contributed by atoms with van der Waals surface area (Å²) in [6, 6.07) is 1.16. The predicted octanol–water partition coefficient (Wildman–Crippen LogP) is 2.22. The van der Waals surface area contributed by atoms with Crippen LogP contribution in [-0.2, 0) is 13.1 Å². The first-order valence-corrected chi connectivity index (χ1v) is 10.0. The summed E-state index contributed by atoms with van der Waals surface area (Å²) in [5, 5.41) is 3.60. The first-order valence-electron chi connectivity index (χ1n) is 10.0. The maximum Gasteiger partial charge on any atom is 0.202 e. The lowest BCUT2D eigenvalue weighted by Gasteiger charge is -2.34. The van der Waals surface area contributed by atoms with Gasteiger partial charge in [0.25, 0.3) is 0 Å². The van der Waals surface area contributed by atoms with E-state index in [4.69, 9.17) is 4.74 Å². The zero-order valence-corrected chi connectivity index (χ0v) is 16.3. The summed E-state index contributed by atoms with van der Waals surface area (Å²) in [6.45, 7) is 2.73. The third kappa shape index (κ3) is 3.28. The van der Waals surface area contributed by atoms with Gasteiger partial charge in [-0.2, -0.15) is 4.39 Å². The fourth-order valence-electron chi connectivity index (χ4n) is 4.28. The lowest BCUT2D eigenvalue weighted by molar-refractivity contribution is 0.267. The van der Waals surface area contributed by atoms with Gasteiger partial charge in [0.15, 0.2) is 17.0 Å². The molecule has 3 aromatic rings. The van der Waals surface area contributed by atoms with Gasteiger partial charge in [0.05, 0.1) is 23.6 Å². The fourth-order valence-corrected chi connectivity index (χ4v) is 4.28. The highest BCUT2D eigenvalue weighted by molar-refractivity contribution is 5.86. The van der Waals surface area contributed by atoms with Crippen molar-refractivity contribution >= 4 is 16.7 Å². The molecule has 1 atom stereocenters. The summed E-state index contributed by atoms with van der Waals surface area (Å²) in [6.07, 6.45) is 8.78. The molecule has 0 saturated carbocycles. The standard InChI is InChI=1S/C21H21F2N5O2/c22-16-8-15-19-21(18(16)23)30-7-6-28(19)11-13(20(15)29)9-26-14-2-1-5-27(12-14)17-10-24-3-4-25-17/h3-4,8,10-11,14,26H,1-2,5-7,9,12H2. The average Bonchev–Trinajstić information content (AvgIpc) is 2.79. The third-order valence-electron chi connectivity index (χ3n) is 5.74. The molecule has 4 heterocycles. The van der Waals surface area contributed by atoms with Crippen molar-refractivity contribution < 1.29 is 13.5 Å². The van der Waals surface area contributed by atoms with Crippen LogP contribution in [0.4, 0.5) is 14.6 Å². The Morgan fingerprint density at radius 2 is 2.17 bits per heavy atom. The number of ether oxygens (including phenoxy) is 1. The van der Waals surface area contributed by atoms with E-state index in [1.165, 1.54) is 0 Å². The monoisotopic (exact) mass is 413 g/mol. The molecule has 1 saturated heterocycles. The number of benzene rings is 1. The van der Waals surface area contributed by atoms with Crippen LogP contribution in [0.2, 0.25) is 0 Å². The molecular weight excluding hydrogens is 392 g/mol. The summed E-state index contributed by atoms with van der Waals surface area (Å²) in [5.74, 6) is -1.46. The number of nitrogens with one attached hydrogen (secondary N) is 1. The summed E-state index contributed by atoms with van der Waals surface area (Å²) in [5.41, 5.74) is 0.541. The van der Waals surface area contributed by atoms with Gasteiger partial charge in [-0.1, -0.05) is 0 Å². The molecule has 0 radical (unpaired) electrons. The molecule has 0 amide bonds. The largest absolute Gasteiger partial charge is 0.486 e. The molecule has 0 bridgehead atoms. The first kappa shape index (κ1) is 18.9. The van der Waals surface area contributed by atoms with Gasteiger partial charge in [0.1, 0.15) is 12.4 Å². The van der Waals surface area contributed by atoms with Crippen molar-refractivity contribution in [3.63, 3.8) is 0 Å². The second-order valence-electron chi connectivity index (χ2n) is 7.65. The summed E-state index contributed by atoms with van der Waals surface area (Å²) in [7, 11) is 0. The Kier molecular flexibility index (Phi) is 4.82. The Labute approximate surface area is 171 Å². The molecule has 0 spiro atoms. The molecular formula is C21H21F2N5O2. The van der Waals surface area contributed by atoms with Gasteiger partial charge in [-0.3, -0.25) is 9.78 Å². The molecule has 1 unspecified atom stereocenters. The highest BCUT2D eigenvalue weighted by atomic mass is 19.2. The van der Waals surface area contributed by atoms with E-state index in [0.29, 0.717) is 24.2 Å². The number of aromatic nitrogens is 3. The van der Waals surface area contributed by atoms with Crippen molar-refractivity contribution in [1.82, 2.24) is 19.9 Å². The molecule has 156 valence electrons. The SMILES string of the molecule is O=c1c(CNC2CCCN(c3cnccn3)C2)cn2c3c(c(F)c(F)cc13)OCC2. The number of hydrogen-bond donors (Lipinski definition) is 1. The fraction of sp³-hybridized carbons (Fsp3) is 0.381. The molecule has 0 aliphatic carbocycles. The van der Waals surface area contributed by atoms with Crippen molar-refractivity contribution in [3.05, 3.63) is 58.3 Å². The normalized spacial score (nSPS) is 18.5. The van der Waals surface area contributed by atoms with E-state index in [2.05, 4.69) is 20.2 Å². The van der Waals surface area contributed by atoms with Gasteiger partial charge >= 0.3 is 0 Å². The summed E-state index contributed by atoms with van der Waals surface area (Å²) in [4.78, 5) is 23.6. The van der Waals surface area contributed by atoms with E-state index in [1.807, 2.05) is 0 Å². The number of pyridine rings is 1. The van der Waals surface area contributed by atoms with Gasteiger partial charge < -0.3 is 19.5 Å². The van der Waals surface area contributed by atoms with E-state index in [1.54, 1.807) is 29.4 Å². The smallest absolute Gasteiger partial charge is 0.202 e. The second-order valence-corrected chi connectivity index (χ2v) is 7.65. The molecule has 7 nitrogen and oxygen atoms in total. The van der Waals surface area contributed by atoms with Gasteiger partial charge in [-0.25, -0.2) is 9.37 Å². The number of piperidine rings is 1. The highest BCUT2D eigenvalue weighted by Gasteiger charge is 2.25. The van der Waals surface area contributed by atoms with Crippen molar-refractivity contribution in [3.8, 4) is 5.75 Å². The number of hydrogen-bond acceptors (Lipinski definition) is 6.